The van der Waals surface area contributed by atoms with Crippen LogP contribution in [0.2, 0.25) is 0 Å². The first-order valence-corrected chi connectivity index (χ1v) is 8.13. The fraction of sp³-hybridized carbons (Fsp3) is 0.294. The van der Waals surface area contributed by atoms with Gasteiger partial charge in [0.1, 0.15) is 5.82 Å². The van der Waals surface area contributed by atoms with Gasteiger partial charge in [0.2, 0.25) is 5.91 Å². The minimum atomic E-state index is -1.02. The van der Waals surface area contributed by atoms with Crippen LogP contribution in [0.1, 0.15) is 29.8 Å². The number of amides is 1. The summed E-state index contributed by atoms with van der Waals surface area (Å²) >= 11 is 1.58. The number of rotatable bonds is 7. The zero-order valence-corrected chi connectivity index (χ0v) is 13.5. The third-order valence-electron chi connectivity index (χ3n) is 3.50. The van der Waals surface area contributed by atoms with E-state index in [0.717, 1.165) is 4.88 Å². The molecular weight excluding hydrogens is 317 g/mol. The molecule has 0 bridgehead atoms. The van der Waals surface area contributed by atoms with Crippen molar-refractivity contribution < 1.29 is 19.1 Å². The lowest BCUT2D eigenvalue weighted by Gasteiger charge is -2.20. The molecule has 0 saturated carbocycles. The zero-order chi connectivity index (χ0) is 16.8. The van der Waals surface area contributed by atoms with Crippen LogP contribution in [-0.2, 0) is 16.0 Å². The van der Waals surface area contributed by atoms with Gasteiger partial charge in [-0.05, 0) is 35.6 Å². The maximum atomic E-state index is 13.0. The van der Waals surface area contributed by atoms with E-state index in [9.17, 15) is 14.0 Å². The van der Waals surface area contributed by atoms with Crippen molar-refractivity contribution in [2.24, 2.45) is 5.92 Å². The number of halogens is 1. The molecule has 4 nitrogen and oxygen atoms in total. The van der Waals surface area contributed by atoms with Crippen LogP contribution < -0.4 is 5.32 Å². The topological polar surface area (TPSA) is 66.4 Å². The van der Waals surface area contributed by atoms with Gasteiger partial charge in [-0.3, -0.25) is 9.59 Å². The summed E-state index contributed by atoms with van der Waals surface area (Å²) in [5, 5.41) is 13.7. The Hall–Kier alpha value is -2.21. The lowest BCUT2D eigenvalue weighted by Crippen LogP contribution is -2.34. The third kappa shape index (κ3) is 5.17. The molecule has 2 rings (SSSR count). The standard InChI is InChI=1S/C17H18FNO3S/c1-11(9-14-3-2-8-23-14)17(22)19-15(10-16(20)21)12-4-6-13(18)7-5-12/h2-8,11,15H,9-10H2,1H3,(H,19,22)(H,20,21)/t11-,15+/m0/s1. The van der Waals surface area contributed by atoms with Crippen molar-refractivity contribution >= 4 is 23.2 Å². The summed E-state index contributed by atoms with van der Waals surface area (Å²) in [5.74, 6) is -1.91. The summed E-state index contributed by atoms with van der Waals surface area (Å²) in [6, 6.07) is 8.71. The maximum Gasteiger partial charge on any atom is 0.305 e. The highest BCUT2D eigenvalue weighted by molar-refractivity contribution is 7.09. The van der Waals surface area contributed by atoms with Gasteiger partial charge >= 0.3 is 5.97 Å². The molecule has 6 heteroatoms. The number of carbonyl (C=O) groups excluding carboxylic acids is 1. The highest BCUT2D eigenvalue weighted by atomic mass is 32.1. The number of nitrogens with one attached hydrogen (secondary N) is 1. The predicted octanol–water partition coefficient (Wildman–Crippen LogP) is 3.40. The van der Waals surface area contributed by atoms with E-state index >= 15 is 0 Å². The van der Waals surface area contributed by atoms with Crippen LogP contribution in [0.3, 0.4) is 0 Å². The lowest BCUT2D eigenvalue weighted by atomic mass is 10.0. The van der Waals surface area contributed by atoms with E-state index in [1.807, 2.05) is 17.5 Å². The fourth-order valence-corrected chi connectivity index (χ4v) is 3.09. The molecule has 0 fully saturated rings. The molecule has 1 aromatic carbocycles. The number of benzene rings is 1. The molecule has 0 unspecified atom stereocenters. The van der Waals surface area contributed by atoms with Gasteiger partial charge in [0.25, 0.3) is 0 Å². The molecule has 1 aromatic heterocycles. The van der Waals surface area contributed by atoms with Crippen LogP contribution in [-0.4, -0.2) is 17.0 Å². The van der Waals surface area contributed by atoms with E-state index in [4.69, 9.17) is 5.11 Å². The second kappa shape index (κ2) is 7.87. The monoisotopic (exact) mass is 335 g/mol. The van der Waals surface area contributed by atoms with Gasteiger partial charge in [-0.15, -0.1) is 11.3 Å². The highest BCUT2D eigenvalue weighted by Crippen LogP contribution is 2.20. The van der Waals surface area contributed by atoms with Crippen molar-refractivity contribution in [1.82, 2.24) is 5.32 Å². The van der Waals surface area contributed by atoms with E-state index < -0.39 is 17.8 Å². The number of carboxylic acids is 1. The third-order valence-corrected chi connectivity index (χ3v) is 4.40. The summed E-state index contributed by atoms with van der Waals surface area (Å²) in [6.45, 7) is 1.80. The summed E-state index contributed by atoms with van der Waals surface area (Å²) < 4.78 is 13.0. The van der Waals surface area contributed by atoms with E-state index in [-0.39, 0.29) is 18.2 Å². The van der Waals surface area contributed by atoms with Gasteiger partial charge in [0, 0.05) is 10.8 Å². The van der Waals surface area contributed by atoms with Gasteiger partial charge < -0.3 is 10.4 Å². The average molecular weight is 335 g/mol. The Labute approximate surface area is 138 Å². The summed E-state index contributed by atoms with van der Waals surface area (Å²) in [5.41, 5.74) is 0.575. The molecule has 0 aliphatic rings. The van der Waals surface area contributed by atoms with Gasteiger partial charge in [-0.2, -0.15) is 0 Å². The van der Waals surface area contributed by atoms with Crippen molar-refractivity contribution in [3.05, 3.63) is 58.0 Å². The summed E-state index contributed by atoms with van der Waals surface area (Å²) in [6.07, 6.45) is 0.357. The van der Waals surface area contributed by atoms with Gasteiger partial charge in [0.15, 0.2) is 0 Å². The Bertz CT molecular complexity index is 655. The van der Waals surface area contributed by atoms with E-state index in [2.05, 4.69) is 5.32 Å². The molecule has 0 spiro atoms. The largest absolute Gasteiger partial charge is 0.481 e. The Morgan fingerprint density at radius 3 is 2.52 bits per heavy atom. The molecule has 0 saturated heterocycles. The molecule has 2 aromatic rings. The Morgan fingerprint density at radius 1 is 1.26 bits per heavy atom. The lowest BCUT2D eigenvalue weighted by molar-refractivity contribution is -0.137. The highest BCUT2D eigenvalue weighted by Gasteiger charge is 2.21. The minimum absolute atomic E-state index is 0.214. The molecule has 1 heterocycles. The van der Waals surface area contributed by atoms with Crippen molar-refractivity contribution in [3.63, 3.8) is 0 Å². The van der Waals surface area contributed by atoms with Crippen molar-refractivity contribution in [2.75, 3.05) is 0 Å². The molecule has 2 atom stereocenters. The molecular formula is C17H18FNO3S. The van der Waals surface area contributed by atoms with Crippen LogP contribution in [0.4, 0.5) is 4.39 Å². The van der Waals surface area contributed by atoms with Crippen LogP contribution in [0.15, 0.2) is 41.8 Å². The molecule has 0 aliphatic heterocycles. The number of hydrogen-bond acceptors (Lipinski definition) is 3. The van der Waals surface area contributed by atoms with Crippen molar-refractivity contribution in [2.45, 2.75) is 25.8 Å². The second-order valence-corrected chi connectivity index (χ2v) is 6.43. The number of aliphatic carboxylic acids is 1. The molecule has 122 valence electrons. The first-order valence-electron chi connectivity index (χ1n) is 7.25. The first kappa shape index (κ1) is 17.1. The Balaban J connectivity index is 2.05. The second-order valence-electron chi connectivity index (χ2n) is 5.40. The smallest absolute Gasteiger partial charge is 0.305 e. The number of carboxylic acid groups (broad SMARTS) is 1. The van der Waals surface area contributed by atoms with Gasteiger partial charge in [0.05, 0.1) is 12.5 Å². The molecule has 0 aliphatic carbocycles. The molecule has 23 heavy (non-hydrogen) atoms. The fourth-order valence-electron chi connectivity index (χ4n) is 2.26. The maximum absolute atomic E-state index is 13.0. The first-order chi connectivity index (χ1) is 11.0. The normalized spacial score (nSPS) is 13.3. The van der Waals surface area contributed by atoms with E-state index in [0.29, 0.717) is 12.0 Å². The zero-order valence-electron chi connectivity index (χ0n) is 12.7. The number of carbonyl (C=O) groups is 2. The van der Waals surface area contributed by atoms with Crippen LogP contribution in [0, 0.1) is 11.7 Å². The van der Waals surface area contributed by atoms with Gasteiger partial charge in [-0.25, -0.2) is 4.39 Å². The average Bonchev–Trinajstić information content (AvgIpc) is 2.99. The molecule has 0 radical (unpaired) electrons. The minimum Gasteiger partial charge on any atom is -0.481 e. The number of hydrogen-bond donors (Lipinski definition) is 2. The van der Waals surface area contributed by atoms with Crippen LogP contribution in [0.5, 0.6) is 0 Å². The SMILES string of the molecule is C[C@@H](Cc1cccs1)C(=O)N[C@H](CC(=O)O)c1ccc(F)cc1. The Morgan fingerprint density at radius 2 is 1.96 bits per heavy atom. The Kier molecular flexibility index (Phi) is 5.87. The van der Waals surface area contributed by atoms with E-state index in [1.54, 1.807) is 18.3 Å². The van der Waals surface area contributed by atoms with E-state index in [1.165, 1.54) is 24.3 Å². The van der Waals surface area contributed by atoms with Crippen LogP contribution >= 0.6 is 11.3 Å². The summed E-state index contributed by atoms with van der Waals surface area (Å²) in [4.78, 5) is 24.5. The number of thiophene rings is 1. The van der Waals surface area contributed by atoms with Crippen molar-refractivity contribution in [1.29, 1.82) is 0 Å². The van der Waals surface area contributed by atoms with Gasteiger partial charge in [-0.1, -0.05) is 25.1 Å². The molecule has 2 N–H and O–H groups in total. The van der Waals surface area contributed by atoms with Crippen LogP contribution in [0.25, 0.3) is 0 Å². The van der Waals surface area contributed by atoms with Crippen molar-refractivity contribution in [3.8, 4) is 0 Å². The quantitative estimate of drug-likeness (QED) is 0.815. The molecule has 1 amide bonds. The summed E-state index contributed by atoms with van der Waals surface area (Å²) in [7, 11) is 0. The predicted molar refractivity (Wildman–Crippen MR) is 86.7 cm³/mol.